The van der Waals surface area contributed by atoms with Crippen LogP contribution in [0.15, 0.2) is 36.4 Å². The van der Waals surface area contributed by atoms with Gasteiger partial charge in [0.25, 0.3) is 5.91 Å². The van der Waals surface area contributed by atoms with Crippen LogP contribution in [-0.2, 0) is 19.9 Å². The van der Waals surface area contributed by atoms with Gasteiger partial charge < -0.3 is 14.7 Å². The zero-order valence-corrected chi connectivity index (χ0v) is 10.8. The van der Waals surface area contributed by atoms with Gasteiger partial charge in [-0.2, -0.15) is 0 Å². The Balaban J connectivity index is 2.61. The molecule has 0 saturated carbocycles. The number of anilines is 1. The zero-order chi connectivity index (χ0) is 14.2. The molecule has 1 aliphatic rings. The van der Waals surface area contributed by atoms with Crippen molar-refractivity contribution in [2.45, 2.75) is 12.5 Å². The second-order valence-corrected chi connectivity index (χ2v) is 4.25. The average Bonchev–Trinajstić information content (AvgIpc) is 2.67. The lowest BCUT2D eigenvalue weighted by Gasteiger charge is -2.23. The standard InChI is InChI=1S/C14H15NO4/c1-4-15-11-8-6-5-7-10(11)14(18,13(15)17)9(2)12(16)19-3/h5-8,18H,2,4H2,1,3H3/t14-/m0/s1. The first-order valence-electron chi connectivity index (χ1n) is 5.90. The highest BCUT2D eigenvalue weighted by Crippen LogP contribution is 2.43. The smallest absolute Gasteiger partial charge is 0.336 e. The first-order chi connectivity index (χ1) is 8.98. The summed E-state index contributed by atoms with van der Waals surface area (Å²) in [6.45, 7) is 5.71. The molecule has 0 fully saturated rings. The number of carbonyl (C=O) groups is 2. The summed E-state index contributed by atoms with van der Waals surface area (Å²) in [6.07, 6.45) is 0. The third-order valence-electron chi connectivity index (χ3n) is 3.32. The van der Waals surface area contributed by atoms with Gasteiger partial charge in [-0.3, -0.25) is 4.79 Å². The number of amides is 1. The molecular formula is C14H15NO4. The van der Waals surface area contributed by atoms with Gasteiger partial charge in [-0.15, -0.1) is 0 Å². The summed E-state index contributed by atoms with van der Waals surface area (Å²) in [5.41, 5.74) is -1.37. The highest BCUT2D eigenvalue weighted by Gasteiger charge is 2.53. The third kappa shape index (κ3) is 1.66. The van der Waals surface area contributed by atoms with Crippen molar-refractivity contribution in [2.24, 2.45) is 0 Å². The van der Waals surface area contributed by atoms with E-state index in [1.54, 1.807) is 31.2 Å². The van der Waals surface area contributed by atoms with E-state index in [0.29, 0.717) is 17.8 Å². The van der Waals surface area contributed by atoms with Gasteiger partial charge in [0.2, 0.25) is 5.60 Å². The van der Waals surface area contributed by atoms with Crippen LogP contribution in [0.4, 0.5) is 5.69 Å². The fraction of sp³-hybridized carbons (Fsp3) is 0.286. The predicted molar refractivity (Wildman–Crippen MR) is 69.5 cm³/mol. The number of hydrogen-bond acceptors (Lipinski definition) is 4. The number of para-hydroxylation sites is 1. The number of fused-ring (bicyclic) bond motifs is 1. The Bertz CT molecular complexity index is 566. The minimum atomic E-state index is -2.04. The Morgan fingerprint density at radius 2 is 2.11 bits per heavy atom. The molecule has 0 aliphatic carbocycles. The van der Waals surface area contributed by atoms with Crippen molar-refractivity contribution >= 4 is 17.6 Å². The van der Waals surface area contributed by atoms with E-state index < -0.39 is 17.5 Å². The van der Waals surface area contributed by atoms with E-state index in [1.807, 2.05) is 0 Å². The second-order valence-electron chi connectivity index (χ2n) is 4.25. The molecular weight excluding hydrogens is 246 g/mol. The minimum Gasteiger partial charge on any atom is -0.466 e. The lowest BCUT2D eigenvalue weighted by Crippen LogP contribution is -2.43. The molecule has 0 spiro atoms. The number of esters is 1. The Kier molecular flexibility index (Phi) is 3.16. The van der Waals surface area contributed by atoms with E-state index in [0.717, 1.165) is 0 Å². The summed E-state index contributed by atoms with van der Waals surface area (Å²) in [7, 11) is 1.18. The normalized spacial score (nSPS) is 21.2. The number of likely N-dealkylation sites (N-methyl/N-ethyl adjacent to an activating group) is 1. The summed E-state index contributed by atoms with van der Waals surface area (Å²) in [4.78, 5) is 25.4. The van der Waals surface area contributed by atoms with Gasteiger partial charge in [-0.1, -0.05) is 24.8 Å². The largest absolute Gasteiger partial charge is 0.466 e. The van der Waals surface area contributed by atoms with E-state index >= 15 is 0 Å². The molecule has 0 bridgehead atoms. The number of benzene rings is 1. The molecule has 1 heterocycles. The molecule has 1 N–H and O–H groups in total. The van der Waals surface area contributed by atoms with Gasteiger partial charge in [-0.25, -0.2) is 4.79 Å². The quantitative estimate of drug-likeness (QED) is 0.650. The van der Waals surface area contributed by atoms with Gasteiger partial charge in [-0.05, 0) is 13.0 Å². The Morgan fingerprint density at radius 3 is 2.68 bits per heavy atom. The molecule has 0 aromatic heterocycles. The van der Waals surface area contributed by atoms with E-state index in [-0.39, 0.29) is 5.57 Å². The van der Waals surface area contributed by atoms with Crippen molar-refractivity contribution in [1.29, 1.82) is 0 Å². The predicted octanol–water partition coefficient (Wildman–Crippen LogP) is 0.970. The minimum absolute atomic E-state index is 0.275. The molecule has 2 rings (SSSR count). The fourth-order valence-corrected chi connectivity index (χ4v) is 2.31. The molecule has 0 unspecified atom stereocenters. The molecule has 5 nitrogen and oxygen atoms in total. The molecule has 5 heteroatoms. The second kappa shape index (κ2) is 4.51. The summed E-state index contributed by atoms with van der Waals surface area (Å²) < 4.78 is 4.55. The molecule has 0 saturated heterocycles. The number of aliphatic hydroxyl groups is 1. The van der Waals surface area contributed by atoms with Crippen LogP contribution >= 0.6 is 0 Å². The van der Waals surface area contributed by atoms with Crippen molar-refractivity contribution < 1.29 is 19.4 Å². The zero-order valence-electron chi connectivity index (χ0n) is 10.8. The molecule has 1 atom stereocenters. The van der Waals surface area contributed by atoms with E-state index in [4.69, 9.17) is 0 Å². The lowest BCUT2D eigenvalue weighted by molar-refractivity contribution is -0.144. The Hall–Kier alpha value is -2.14. The Morgan fingerprint density at radius 1 is 1.47 bits per heavy atom. The molecule has 1 aromatic carbocycles. The highest BCUT2D eigenvalue weighted by atomic mass is 16.5. The first-order valence-corrected chi connectivity index (χ1v) is 5.90. The molecule has 1 aromatic rings. The van der Waals surface area contributed by atoms with Crippen molar-refractivity contribution in [3.8, 4) is 0 Å². The summed E-state index contributed by atoms with van der Waals surface area (Å²) in [6, 6.07) is 6.79. The van der Waals surface area contributed by atoms with Crippen LogP contribution in [0.5, 0.6) is 0 Å². The number of ether oxygens (including phenoxy) is 1. The van der Waals surface area contributed by atoms with Gasteiger partial charge in [0.05, 0.1) is 18.4 Å². The number of nitrogens with zero attached hydrogens (tertiary/aromatic N) is 1. The summed E-state index contributed by atoms with van der Waals surface area (Å²) in [5.74, 6) is -1.38. The number of carbonyl (C=O) groups excluding carboxylic acids is 2. The average molecular weight is 261 g/mol. The summed E-state index contributed by atoms with van der Waals surface area (Å²) in [5, 5.41) is 10.7. The van der Waals surface area contributed by atoms with Crippen LogP contribution in [0.25, 0.3) is 0 Å². The van der Waals surface area contributed by atoms with Crippen LogP contribution < -0.4 is 4.90 Å². The van der Waals surface area contributed by atoms with Crippen molar-refractivity contribution in [3.63, 3.8) is 0 Å². The molecule has 0 radical (unpaired) electrons. The number of methoxy groups -OCH3 is 1. The van der Waals surface area contributed by atoms with Crippen LogP contribution in [-0.4, -0.2) is 30.6 Å². The summed E-state index contributed by atoms with van der Waals surface area (Å²) >= 11 is 0. The number of hydrogen-bond donors (Lipinski definition) is 1. The molecule has 1 aliphatic heterocycles. The van der Waals surface area contributed by atoms with Gasteiger partial charge >= 0.3 is 5.97 Å². The highest BCUT2D eigenvalue weighted by molar-refractivity contribution is 6.13. The fourth-order valence-electron chi connectivity index (χ4n) is 2.31. The Labute approximate surface area is 111 Å². The van der Waals surface area contributed by atoms with Gasteiger partial charge in [0.15, 0.2) is 0 Å². The monoisotopic (exact) mass is 261 g/mol. The maximum Gasteiger partial charge on any atom is 0.336 e. The molecule has 100 valence electrons. The lowest BCUT2D eigenvalue weighted by atomic mass is 9.88. The number of rotatable bonds is 3. The van der Waals surface area contributed by atoms with Crippen molar-refractivity contribution in [2.75, 3.05) is 18.6 Å². The van der Waals surface area contributed by atoms with Crippen molar-refractivity contribution in [1.82, 2.24) is 0 Å². The van der Waals surface area contributed by atoms with Crippen LogP contribution in [0.3, 0.4) is 0 Å². The molecule has 19 heavy (non-hydrogen) atoms. The molecule has 1 amide bonds. The first kappa shape index (κ1) is 13.3. The third-order valence-corrected chi connectivity index (χ3v) is 3.32. The van der Waals surface area contributed by atoms with Crippen LogP contribution in [0, 0.1) is 0 Å². The topological polar surface area (TPSA) is 66.8 Å². The van der Waals surface area contributed by atoms with Crippen LogP contribution in [0.2, 0.25) is 0 Å². The van der Waals surface area contributed by atoms with E-state index in [2.05, 4.69) is 11.3 Å². The maximum absolute atomic E-state index is 12.4. The SMILES string of the molecule is C=C(C(=O)OC)[C@@]1(O)C(=O)N(CC)c2ccccc21. The van der Waals surface area contributed by atoms with Gasteiger partial charge in [0, 0.05) is 12.1 Å². The maximum atomic E-state index is 12.4. The van der Waals surface area contributed by atoms with Gasteiger partial charge in [0.1, 0.15) is 0 Å². The van der Waals surface area contributed by atoms with Crippen molar-refractivity contribution in [3.05, 3.63) is 42.0 Å². The van der Waals surface area contributed by atoms with E-state index in [9.17, 15) is 14.7 Å². The van der Waals surface area contributed by atoms with Crippen LogP contribution in [0.1, 0.15) is 12.5 Å². The van der Waals surface area contributed by atoms with E-state index in [1.165, 1.54) is 12.0 Å².